The van der Waals surface area contributed by atoms with Crippen LogP contribution in [-0.2, 0) is 67.3 Å². The second kappa shape index (κ2) is 21.0. The molecule has 3 radical (unpaired) electrons. The Morgan fingerprint density at radius 1 is 0.571 bits per heavy atom. The van der Waals surface area contributed by atoms with E-state index in [2.05, 4.69) is 45.8 Å². The van der Waals surface area contributed by atoms with Crippen LogP contribution < -0.4 is 0 Å². The van der Waals surface area contributed by atoms with E-state index in [4.69, 9.17) is 4.12 Å². The number of hydrogen-bond acceptors (Lipinski definition) is 1. The largest absolute Gasteiger partial charge is 0.456 e. The maximum atomic E-state index is 5.45. The maximum Gasteiger partial charge on any atom is 0.191 e. The molecule has 0 bridgehead atoms. The summed E-state index contributed by atoms with van der Waals surface area (Å²) in [5, 5.41) is 0. The standard InChI is InChI=1S/C4H12OSi2.C3H9Si.3W/c1-6(2)5-7(3)4;1-4(2)3;;;/h1-4H3;1-3H3;;;. The van der Waals surface area contributed by atoms with Crippen LogP contribution in [0, 0.1) is 0 Å². The van der Waals surface area contributed by atoms with Crippen LogP contribution in [0.3, 0.4) is 0 Å². The number of hydrogen-bond donors (Lipinski definition) is 0. The van der Waals surface area contributed by atoms with Crippen molar-refractivity contribution in [2.45, 2.75) is 45.8 Å². The smallest absolute Gasteiger partial charge is 0.191 e. The molecule has 0 aromatic carbocycles. The molecule has 0 heterocycles. The van der Waals surface area contributed by atoms with Crippen LogP contribution >= 0.6 is 0 Å². The van der Waals surface area contributed by atoms with Gasteiger partial charge in [0.1, 0.15) is 0 Å². The van der Waals surface area contributed by atoms with Gasteiger partial charge in [-0.15, -0.1) is 0 Å². The molecule has 0 aliphatic carbocycles. The van der Waals surface area contributed by atoms with Gasteiger partial charge in [-0.2, -0.15) is 0 Å². The fraction of sp³-hybridized carbons (Fsp3) is 1.00. The second-order valence-corrected chi connectivity index (χ2v) is 10.9. The second-order valence-electron chi connectivity index (χ2n) is 3.42. The van der Waals surface area contributed by atoms with E-state index in [1.807, 2.05) is 0 Å². The molecule has 0 atom stereocenters. The van der Waals surface area contributed by atoms with Gasteiger partial charge in [0.25, 0.3) is 0 Å². The van der Waals surface area contributed by atoms with Crippen LogP contribution in [-0.4, -0.2) is 26.9 Å². The molecule has 0 rings (SSSR count). The normalized spacial score (nSPS) is 8.14. The van der Waals surface area contributed by atoms with E-state index in [0.29, 0.717) is 0 Å². The summed E-state index contributed by atoms with van der Waals surface area (Å²) < 4.78 is 5.45. The van der Waals surface area contributed by atoms with Crippen LogP contribution in [0.4, 0.5) is 0 Å². The van der Waals surface area contributed by atoms with Crippen LogP contribution in [0.2, 0.25) is 45.8 Å². The van der Waals surface area contributed by atoms with Crippen molar-refractivity contribution in [1.82, 2.24) is 0 Å². The Balaban J connectivity index is -0.0000000347. The van der Waals surface area contributed by atoms with Crippen molar-refractivity contribution in [1.29, 1.82) is 0 Å². The third-order valence-electron chi connectivity index (χ3n) is 0.408. The molecule has 0 spiro atoms. The van der Waals surface area contributed by atoms with E-state index in [9.17, 15) is 0 Å². The molecule has 14 heavy (non-hydrogen) atoms. The molecule has 0 aromatic heterocycles. The van der Waals surface area contributed by atoms with Gasteiger partial charge in [0, 0.05) is 72.0 Å². The molecular formula is C7H21OSi3W3. The quantitative estimate of drug-likeness (QED) is 0.395. The van der Waals surface area contributed by atoms with Crippen molar-refractivity contribution in [2.24, 2.45) is 0 Å². The first-order chi connectivity index (χ1) is 4.86. The van der Waals surface area contributed by atoms with Gasteiger partial charge in [-0.3, -0.25) is 0 Å². The summed E-state index contributed by atoms with van der Waals surface area (Å²) in [5.41, 5.74) is 0. The van der Waals surface area contributed by atoms with Gasteiger partial charge in [0.15, 0.2) is 18.1 Å². The Bertz CT molecular complexity index is 75.8. The third kappa shape index (κ3) is 61.6. The Morgan fingerprint density at radius 3 is 0.714 bits per heavy atom. The predicted molar refractivity (Wildman–Crippen MR) is 59.4 cm³/mol. The zero-order chi connectivity index (χ0) is 9.44. The Hall–Kier alpha value is 2.68. The zero-order valence-electron chi connectivity index (χ0n) is 10.1. The van der Waals surface area contributed by atoms with Gasteiger partial charge in [0.2, 0.25) is 0 Å². The monoisotopic (exact) mass is 757 g/mol. The maximum absolute atomic E-state index is 5.45. The fourth-order valence-corrected chi connectivity index (χ4v) is 3.67. The average Bonchev–Trinajstić information content (AvgIpc) is 1.56. The molecule has 0 aliphatic rings. The molecule has 0 fully saturated rings. The fourth-order valence-electron chi connectivity index (χ4n) is 0.408. The van der Waals surface area contributed by atoms with Gasteiger partial charge in [-0.1, -0.05) is 19.6 Å². The summed E-state index contributed by atoms with van der Waals surface area (Å²) in [6, 6.07) is 0. The first-order valence-corrected chi connectivity index (χ1v) is 11.7. The molecule has 0 saturated carbocycles. The van der Waals surface area contributed by atoms with Crippen molar-refractivity contribution < 1.29 is 67.3 Å². The summed E-state index contributed by atoms with van der Waals surface area (Å²) in [5.74, 6) is 0. The first-order valence-electron chi connectivity index (χ1n) is 3.91. The third-order valence-corrected chi connectivity index (χ3v) is 3.67. The van der Waals surface area contributed by atoms with Crippen molar-refractivity contribution in [2.75, 3.05) is 0 Å². The molecular weight excluding hydrogens is 736 g/mol. The summed E-state index contributed by atoms with van der Waals surface area (Å²) in [4.78, 5) is 0. The van der Waals surface area contributed by atoms with Crippen LogP contribution in [0.25, 0.3) is 0 Å². The number of rotatable bonds is 2. The van der Waals surface area contributed by atoms with E-state index < -0.39 is 0 Å². The SMILES string of the molecule is C[Si](C)C.C[Si](C)O[Si](C)C.[W].[W].[W]. The summed E-state index contributed by atoms with van der Waals surface area (Å²) in [7, 11) is -0.657. The molecule has 0 amide bonds. The van der Waals surface area contributed by atoms with Gasteiger partial charge < -0.3 is 4.12 Å². The van der Waals surface area contributed by atoms with Crippen molar-refractivity contribution >= 4 is 26.9 Å². The van der Waals surface area contributed by atoms with Gasteiger partial charge in [-0.05, 0) is 26.2 Å². The molecule has 0 aliphatic heterocycles. The van der Waals surface area contributed by atoms with E-state index >= 15 is 0 Å². The van der Waals surface area contributed by atoms with Gasteiger partial charge >= 0.3 is 0 Å². The Morgan fingerprint density at radius 2 is 0.714 bits per heavy atom. The molecule has 0 saturated heterocycles. The van der Waals surface area contributed by atoms with E-state index in [0.717, 1.165) is 0 Å². The van der Waals surface area contributed by atoms with E-state index in [-0.39, 0.29) is 90.1 Å². The minimum absolute atomic E-state index is 0. The molecule has 0 aromatic rings. The van der Waals surface area contributed by atoms with Crippen LogP contribution in [0.1, 0.15) is 0 Å². The van der Waals surface area contributed by atoms with E-state index in [1.54, 1.807) is 0 Å². The molecule has 85 valence electrons. The minimum atomic E-state index is -0.389. The molecule has 0 unspecified atom stereocenters. The van der Waals surface area contributed by atoms with Crippen molar-refractivity contribution in [3.05, 3.63) is 0 Å². The Labute approximate surface area is 138 Å². The van der Waals surface area contributed by atoms with Gasteiger partial charge in [0.05, 0.1) is 0 Å². The molecule has 1 nitrogen and oxygen atoms in total. The minimum Gasteiger partial charge on any atom is -0.456 e. The summed E-state index contributed by atoms with van der Waals surface area (Å²) >= 11 is 0. The van der Waals surface area contributed by atoms with Crippen molar-refractivity contribution in [3.8, 4) is 0 Å². The van der Waals surface area contributed by atoms with Crippen LogP contribution in [0.15, 0.2) is 0 Å². The Kier molecular flexibility index (Phi) is 45.1. The van der Waals surface area contributed by atoms with E-state index in [1.165, 1.54) is 0 Å². The summed E-state index contributed by atoms with van der Waals surface area (Å²) in [6.45, 7) is 15.5. The summed E-state index contributed by atoms with van der Waals surface area (Å²) in [6.07, 6.45) is 0. The average molecular weight is 757 g/mol. The van der Waals surface area contributed by atoms with Crippen molar-refractivity contribution in [3.63, 3.8) is 0 Å². The first kappa shape index (κ1) is 30.1. The zero-order valence-corrected chi connectivity index (χ0v) is 21.9. The topological polar surface area (TPSA) is 9.23 Å². The predicted octanol–water partition coefficient (Wildman–Crippen LogP) is 2.87. The molecule has 0 N–H and O–H groups in total. The van der Waals surface area contributed by atoms with Gasteiger partial charge in [-0.25, -0.2) is 0 Å². The van der Waals surface area contributed by atoms with Crippen LogP contribution in [0.5, 0.6) is 0 Å². The molecule has 7 heteroatoms.